The summed E-state index contributed by atoms with van der Waals surface area (Å²) in [6.07, 6.45) is 6.19. The number of nitrogens with one attached hydrogen (secondary N) is 1. The third-order valence-electron chi connectivity index (χ3n) is 4.42. The van der Waals surface area contributed by atoms with Crippen LogP contribution in [0.25, 0.3) is 0 Å². The molecule has 1 saturated carbocycles. The predicted octanol–water partition coefficient (Wildman–Crippen LogP) is 0.0793. The molecule has 0 aromatic rings. The van der Waals surface area contributed by atoms with Gasteiger partial charge in [-0.1, -0.05) is 6.42 Å². The lowest BCUT2D eigenvalue weighted by Gasteiger charge is -2.33. The molecule has 0 spiro atoms. The molecule has 1 heterocycles. The number of sulfonamides is 1. The largest absolute Gasteiger partial charge is 0.396 e. The molecule has 116 valence electrons. The van der Waals surface area contributed by atoms with Crippen molar-refractivity contribution in [1.29, 1.82) is 0 Å². The van der Waals surface area contributed by atoms with E-state index in [0.717, 1.165) is 31.9 Å². The molecule has 0 aromatic heterocycles. The lowest BCUT2D eigenvalue weighted by atomic mass is 10.0. The summed E-state index contributed by atoms with van der Waals surface area (Å²) in [4.78, 5) is 12.3. The number of rotatable bonds is 6. The van der Waals surface area contributed by atoms with Crippen LogP contribution in [0.3, 0.4) is 0 Å². The van der Waals surface area contributed by atoms with Crippen molar-refractivity contribution in [2.45, 2.75) is 44.6 Å². The molecule has 1 saturated heterocycles. The summed E-state index contributed by atoms with van der Waals surface area (Å²) in [5, 5.41) is 11.9. The number of hydrogen-bond acceptors (Lipinski definition) is 4. The van der Waals surface area contributed by atoms with Gasteiger partial charge >= 0.3 is 0 Å². The van der Waals surface area contributed by atoms with E-state index < -0.39 is 16.1 Å². The third kappa shape index (κ3) is 3.71. The molecule has 1 unspecified atom stereocenters. The molecule has 2 fully saturated rings. The molecule has 6 nitrogen and oxygen atoms in total. The summed E-state index contributed by atoms with van der Waals surface area (Å²) in [6.45, 7) is 1.11. The van der Waals surface area contributed by atoms with Gasteiger partial charge in [0.15, 0.2) is 0 Å². The van der Waals surface area contributed by atoms with Crippen molar-refractivity contribution in [3.05, 3.63) is 0 Å². The fourth-order valence-electron chi connectivity index (χ4n) is 2.89. The molecule has 20 heavy (non-hydrogen) atoms. The van der Waals surface area contributed by atoms with Gasteiger partial charge in [0.25, 0.3) is 0 Å². The number of hydrogen-bond donors (Lipinski definition) is 2. The summed E-state index contributed by atoms with van der Waals surface area (Å²) in [5.41, 5.74) is 0.0506. The minimum Gasteiger partial charge on any atom is -0.396 e. The Kier molecular flexibility index (Phi) is 4.71. The monoisotopic (exact) mass is 304 g/mol. The average molecular weight is 304 g/mol. The highest BCUT2D eigenvalue weighted by atomic mass is 32.2. The summed E-state index contributed by atoms with van der Waals surface area (Å²) < 4.78 is 24.8. The first kappa shape index (κ1) is 15.7. The second-order valence-electron chi connectivity index (χ2n) is 6.08. The highest BCUT2D eigenvalue weighted by Crippen LogP contribution is 2.47. The first-order chi connectivity index (χ1) is 9.38. The van der Waals surface area contributed by atoms with Gasteiger partial charge in [-0.25, -0.2) is 8.42 Å². The first-order valence-electron chi connectivity index (χ1n) is 7.23. The SMILES string of the molecule is CS(=O)(=O)N1CCCCC1C(=O)NCC1(CCO)CC1. The highest BCUT2D eigenvalue weighted by molar-refractivity contribution is 7.88. The Morgan fingerprint density at radius 1 is 1.40 bits per heavy atom. The number of carbonyl (C=O) groups is 1. The number of amides is 1. The summed E-state index contributed by atoms with van der Waals surface area (Å²) >= 11 is 0. The molecule has 1 aliphatic heterocycles. The van der Waals surface area contributed by atoms with Crippen LogP contribution in [0.15, 0.2) is 0 Å². The van der Waals surface area contributed by atoms with Crippen molar-refractivity contribution >= 4 is 15.9 Å². The van der Waals surface area contributed by atoms with Gasteiger partial charge in [-0.15, -0.1) is 0 Å². The Hall–Kier alpha value is -0.660. The van der Waals surface area contributed by atoms with Crippen LogP contribution in [0.2, 0.25) is 0 Å². The van der Waals surface area contributed by atoms with Crippen molar-refractivity contribution in [2.75, 3.05) is 26.0 Å². The number of piperidine rings is 1. The van der Waals surface area contributed by atoms with Crippen molar-refractivity contribution in [3.8, 4) is 0 Å². The zero-order valence-corrected chi connectivity index (χ0v) is 12.8. The van der Waals surface area contributed by atoms with Crippen LogP contribution >= 0.6 is 0 Å². The molecule has 7 heteroatoms. The van der Waals surface area contributed by atoms with Crippen LogP contribution in [0.4, 0.5) is 0 Å². The van der Waals surface area contributed by atoms with Crippen LogP contribution < -0.4 is 5.32 Å². The van der Waals surface area contributed by atoms with E-state index in [4.69, 9.17) is 5.11 Å². The van der Waals surface area contributed by atoms with E-state index in [-0.39, 0.29) is 17.9 Å². The molecule has 2 N–H and O–H groups in total. The van der Waals surface area contributed by atoms with Gasteiger partial charge in [0.1, 0.15) is 6.04 Å². The van der Waals surface area contributed by atoms with Gasteiger partial charge in [-0.3, -0.25) is 4.79 Å². The Labute approximate surface area is 120 Å². The standard InChI is InChI=1S/C13H24N2O4S/c1-20(18,19)15-8-3-2-4-11(15)12(17)14-10-13(5-6-13)7-9-16/h11,16H,2-10H2,1H3,(H,14,17). The zero-order chi connectivity index (χ0) is 14.8. The average Bonchev–Trinajstić information content (AvgIpc) is 3.16. The van der Waals surface area contributed by atoms with Crippen molar-refractivity contribution in [2.24, 2.45) is 5.41 Å². The molecule has 2 aliphatic rings. The Bertz CT molecular complexity index is 459. The second-order valence-corrected chi connectivity index (χ2v) is 8.01. The van der Waals surface area contributed by atoms with Crippen LogP contribution in [-0.4, -0.2) is 55.7 Å². The maximum atomic E-state index is 12.3. The maximum absolute atomic E-state index is 12.3. The van der Waals surface area contributed by atoms with E-state index in [1.54, 1.807) is 0 Å². The fourth-order valence-corrected chi connectivity index (χ4v) is 4.01. The molecule has 0 bridgehead atoms. The molecule has 1 amide bonds. The van der Waals surface area contributed by atoms with Gasteiger partial charge < -0.3 is 10.4 Å². The van der Waals surface area contributed by atoms with Gasteiger partial charge in [0.05, 0.1) is 6.26 Å². The minimum absolute atomic E-state index is 0.0506. The molecule has 0 radical (unpaired) electrons. The first-order valence-corrected chi connectivity index (χ1v) is 9.08. The number of aliphatic hydroxyl groups excluding tert-OH is 1. The quantitative estimate of drug-likeness (QED) is 0.727. The second kappa shape index (κ2) is 5.99. The summed E-state index contributed by atoms with van der Waals surface area (Å²) in [7, 11) is -3.34. The molecular weight excluding hydrogens is 280 g/mol. The van der Waals surface area contributed by atoms with Gasteiger partial charge in [-0.2, -0.15) is 4.31 Å². The fraction of sp³-hybridized carbons (Fsp3) is 0.923. The van der Waals surface area contributed by atoms with Crippen molar-refractivity contribution in [3.63, 3.8) is 0 Å². The zero-order valence-electron chi connectivity index (χ0n) is 12.0. The Balaban J connectivity index is 1.93. The van der Waals surface area contributed by atoms with E-state index >= 15 is 0 Å². The van der Waals surface area contributed by atoms with Crippen LogP contribution in [-0.2, 0) is 14.8 Å². The molecule has 1 aliphatic carbocycles. The third-order valence-corrected chi connectivity index (χ3v) is 5.71. The highest BCUT2D eigenvalue weighted by Gasteiger charge is 2.43. The van der Waals surface area contributed by atoms with E-state index in [9.17, 15) is 13.2 Å². The minimum atomic E-state index is -3.34. The Morgan fingerprint density at radius 2 is 2.10 bits per heavy atom. The molecule has 1 atom stereocenters. The van der Waals surface area contributed by atoms with Crippen LogP contribution in [0.1, 0.15) is 38.5 Å². The summed E-state index contributed by atoms with van der Waals surface area (Å²) in [5.74, 6) is -0.195. The Morgan fingerprint density at radius 3 is 2.65 bits per heavy atom. The van der Waals surface area contributed by atoms with E-state index in [0.29, 0.717) is 25.9 Å². The maximum Gasteiger partial charge on any atom is 0.238 e. The lowest BCUT2D eigenvalue weighted by molar-refractivity contribution is -0.126. The number of aliphatic hydroxyl groups is 1. The molecular formula is C13H24N2O4S. The van der Waals surface area contributed by atoms with E-state index in [1.165, 1.54) is 4.31 Å². The van der Waals surface area contributed by atoms with Crippen molar-refractivity contribution < 1.29 is 18.3 Å². The normalized spacial score (nSPS) is 26.2. The van der Waals surface area contributed by atoms with Crippen LogP contribution in [0, 0.1) is 5.41 Å². The van der Waals surface area contributed by atoms with E-state index in [1.807, 2.05) is 0 Å². The number of nitrogens with zero attached hydrogens (tertiary/aromatic N) is 1. The number of carbonyl (C=O) groups excluding carboxylic acids is 1. The lowest BCUT2D eigenvalue weighted by Crippen LogP contribution is -2.52. The topological polar surface area (TPSA) is 86.7 Å². The van der Waals surface area contributed by atoms with Gasteiger partial charge in [0, 0.05) is 19.7 Å². The predicted molar refractivity (Wildman–Crippen MR) is 75.6 cm³/mol. The van der Waals surface area contributed by atoms with E-state index in [2.05, 4.69) is 5.32 Å². The van der Waals surface area contributed by atoms with Gasteiger partial charge in [0.2, 0.25) is 15.9 Å². The van der Waals surface area contributed by atoms with Crippen LogP contribution in [0.5, 0.6) is 0 Å². The van der Waals surface area contributed by atoms with Crippen molar-refractivity contribution in [1.82, 2.24) is 9.62 Å². The molecule has 2 rings (SSSR count). The summed E-state index contributed by atoms with van der Waals surface area (Å²) in [6, 6.07) is -0.566. The smallest absolute Gasteiger partial charge is 0.238 e. The molecule has 0 aromatic carbocycles. The van der Waals surface area contributed by atoms with Gasteiger partial charge in [-0.05, 0) is 37.5 Å².